The van der Waals surface area contributed by atoms with Crippen molar-refractivity contribution in [3.05, 3.63) is 29.3 Å². The molecule has 0 aliphatic heterocycles. The largest absolute Gasteiger partial charge is 0.496 e. The quantitative estimate of drug-likeness (QED) is 0.822. The molecule has 0 heterocycles. The third kappa shape index (κ3) is 3.96. The van der Waals surface area contributed by atoms with E-state index in [2.05, 4.69) is 32.2 Å². The Labute approximate surface area is 114 Å². The minimum Gasteiger partial charge on any atom is -0.496 e. The number of ether oxygens (including phenoxy) is 1. The summed E-state index contributed by atoms with van der Waals surface area (Å²) in [4.78, 5) is 11.1. The van der Waals surface area contributed by atoms with Gasteiger partial charge in [0.15, 0.2) is 0 Å². The van der Waals surface area contributed by atoms with Gasteiger partial charge in [-0.3, -0.25) is 4.79 Å². The SMILES string of the molecule is CCc1cc(C(C)(C)CNC(=O)CO)ccc1OC. The van der Waals surface area contributed by atoms with Gasteiger partial charge in [-0.1, -0.05) is 32.9 Å². The van der Waals surface area contributed by atoms with E-state index >= 15 is 0 Å². The lowest BCUT2D eigenvalue weighted by molar-refractivity contribution is -0.124. The zero-order valence-corrected chi connectivity index (χ0v) is 12.1. The van der Waals surface area contributed by atoms with Gasteiger partial charge in [0.1, 0.15) is 12.4 Å². The van der Waals surface area contributed by atoms with Crippen LogP contribution in [0.1, 0.15) is 31.9 Å². The molecule has 0 fully saturated rings. The number of rotatable bonds is 6. The average Bonchev–Trinajstić information content (AvgIpc) is 2.43. The smallest absolute Gasteiger partial charge is 0.245 e. The highest BCUT2D eigenvalue weighted by atomic mass is 16.5. The molecule has 4 nitrogen and oxygen atoms in total. The molecule has 4 heteroatoms. The van der Waals surface area contributed by atoms with Crippen molar-refractivity contribution in [3.8, 4) is 5.75 Å². The zero-order valence-electron chi connectivity index (χ0n) is 12.1. The number of aliphatic hydroxyl groups excluding tert-OH is 1. The highest BCUT2D eigenvalue weighted by Gasteiger charge is 2.22. The number of amides is 1. The van der Waals surface area contributed by atoms with Gasteiger partial charge in [-0.05, 0) is 23.6 Å². The average molecular weight is 265 g/mol. The summed E-state index contributed by atoms with van der Waals surface area (Å²) in [5.74, 6) is 0.541. The number of aryl methyl sites for hydroxylation is 1. The summed E-state index contributed by atoms with van der Waals surface area (Å²) in [6, 6.07) is 6.09. The second-order valence-electron chi connectivity index (χ2n) is 5.20. The lowest BCUT2D eigenvalue weighted by Crippen LogP contribution is -2.38. The number of carbonyl (C=O) groups is 1. The van der Waals surface area contributed by atoms with Crippen molar-refractivity contribution in [1.29, 1.82) is 0 Å². The van der Waals surface area contributed by atoms with Crippen LogP contribution in [0, 0.1) is 0 Å². The van der Waals surface area contributed by atoms with Crippen LogP contribution in [0.4, 0.5) is 0 Å². The molecule has 0 aliphatic rings. The van der Waals surface area contributed by atoms with E-state index in [1.165, 1.54) is 0 Å². The van der Waals surface area contributed by atoms with Crippen LogP contribution in [-0.4, -0.2) is 31.3 Å². The van der Waals surface area contributed by atoms with Crippen molar-refractivity contribution in [2.24, 2.45) is 0 Å². The van der Waals surface area contributed by atoms with Crippen LogP contribution < -0.4 is 10.1 Å². The number of carbonyl (C=O) groups excluding carboxylic acids is 1. The van der Waals surface area contributed by atoms with E-state index < -0.39 is 6.61 Å². The third-order valence-electron chi connectivity index (χ3n) is 3.31. The van der Waals surface area contributed by atoms with E-state index in [1.54, 1.807) is 7.11 Å². The number of hydrogen-bond donors (Lipinski definition) is 2. The van der Waals surface area contributed by atoms with Crippen molar-refractivity contribution >= 4 is 5.91 Å². The predicted molar refractivity (Wildman–Crippen MR) is 75.5 cm³/mol. The van der Waals surface area contributed by atoms with Crippen LogP contribution in [-0.2, 0) is 16.6 Å². The van der Waals surface area contributed by atoms with Crippen LogP contribution in [0.25, 0.3) is 0 Å². The highest BCUT2D eigenvalue weighted by Crippen LogP contribution is 2.28. The number of methoxy groups -OCH3 is 1. The Morgan fingerprint density at radius 3 is 2.63 bits per heavy atom. The Morgan fingerprint density at radius 1 is 1.42 bits per heavy atom. The summed E-state index contributed by atoms with van der Waals surface area (Å²) >= 11 is 0. The van der Waals surface area contributed by atoms with E-state index in [1.807, 2.05) is 12.1 Å². The maximum atomic E-state index is 11.1. The number of hydrogen-bond acceptors (Lipinski definition) is 3. The van der Waals surface area contributed by atoms with Gasteiger partial charge in [-0.25, -0.2) is 0 Å². The molecule has 0 unspecified atom stereocenters. The molecule has 0 saturated carbocycles. The van der Waals surface area contributed by atoms with Crippen LogP contribution in [0.5, 0.6) is 5.75 Å². The van der Waals surface area contributed by atoms with E-state index in [4.69, 9.17) is 9.84 Å². The lowest BCUT2D eigenvalue weighted by atomic mass is 9.83. The Bertz CT molecular complexity index is 441. The molecule has 1 rings (SSSR count). The molecule has 19 heavy (non-hydrogen) atoms. The maximum absolute atomic E-state index is 11.1. The second-order valence-corrected chi connectivity index (χ2v) is 5.20. The molecule has 1 aromatic rings. The highest BCUT2D eigenvalue weighted by molar-refractivity contribution is 5.77. The number of aliphatic hydroxyl groups is 1. The normalized spacial score (nSPS) is 11.2. The monoisotopic (exact) mass is 265 g/mol. The fourth-order valence-electron chi connectivity index (χ4n) is 1.95. The fraction of sp³-hybridized carbons (Fsp3) is 0.533. The standard InChI is InChI=1S/C15H23NO3/c1-5-11-8-12(6-7-13(11)19-4)15(2,3)10-16-14(18)9-17/h6-8,17H,5,9-10H2,1-4H3,(H,16,18). The van der Waals surface area contributed by atoms with Gasteiger partial charge < -0.3 is 15.2 Å². The van der Waals surface area contributed by atoms with Crippen LogP contribution in [0.15, 0.2) is 18.2 Å². The minimum atomic E-state index is -0.473. The molecule has 1 aromatic carbocycles. The van der Waals surface area contributed by atoms with E-state index in [0.717, 1.165) is 23.3 Å². The van der Waals surface area contributed by atoms with E-state index in [0.29, 0.717) is 6.54 Å². The van der Waals surface area contributed by atoms with Crippen LogP contribution >= 0.6 is 0 Å². The Balaban J connectivity index is 2.91. The molecule has 106 valence electrons. The fourth-order valence-corrected chi connectivity index (χ4v) is 1.95. The molecule has 0 saturated heterocycles. The van der Waals surface area contributed by atoms with Crippen molar-refractivity contribution in [3.63, 3.8) is 0 Å². The molecule has 2 N–H and O–H groups in total. The first kappa shape index (κ1) is 15.5. The molecular weight excluding hydrogens is 242 g/mol. The third-order valence-corrected chi connectivity index (χ3v) is 3.31. The minimum absolute atomic E-state index is 0.193. The maximum Gasteiger partial charge on any atom is 0.245 e. The van der Waals surface area contributed by atoms with Crippen LogP contribution in [0.2, 0.25) is 0 Å². The summed E-state index contributed by atoms with van der Waals surface area (Å²) in [5, 5.41) is 11.4. The molecule has 0 aliphatic carbocycles. The van der Waals surface area contributed by atoms with Gasteiger partial charge in [-0.2, -0.15) is 0 Å². The Hall–Kier alpha value is -1.55. The lowest BCUT2D eigenvalue weighted by Gasteiger charge is -2.26. The van der Waals surface area contributed by atoms with Gasteiger partial charge in [0, 0.05) is 12.0 Å². The van der Waals surface area contributed by atoms with Crippen molar-refractivity contribution in [2.45, 2.75) is 32.6 Å². The number of benzene rings is 1. The molecule has 0 spiro atoms. The van der Waals surface area contributed by atoms with Gasteiger partial charge in [-0.15, -0.1) is 0 Å². The summed E-state index contributed by atoms with van der Waals surface area (Å²) < 4.78 is 5.32. The van der Waals surface area contributed by atoms with Crippen molar-refractivity contribution in [2.75, 3.05) is 20.3 Å². The summed E-state index contributed by atoms with van der Waals surface area (Å²) in [7, 11) is 1.67. The molecule has 0 aromatic heterocycles. The van der Waals surface area contributed by atoms with Gasteiger partial charge >= 0.3 is 0 Å². The summed E-state index contributed by atoms with van der Waals surface area (Å²) in [5.41, 5.74) is 2.10. The molecule has 1 amide bonds. The first-order valence-electron chi connectivity index (χ1n) is 6.49. The molecule has 0 atom stereocenters. The van der Waals surface area contributed by atoms with E-state index in [-0.39, 0.29) is 11.3 Å². The Kier molecular flexibility index (Phi) is 5.36. The van der Waals surface area contributed by atoms with Crippen LogP contribution in [0.3, 0.4) is 0 Å². The van der Waals surface area contributed by atoms with Crippen molar-refractivity contribution < 1.29 is 14.6 Å². The molecule has 0 radical (unpaired) electrons. The van der Waals surface area contributed by atoms with Gasteiger partial charge in [0.05, 0.1) is 7.11 Å². The predicted octanol–water partition coefficient (Wildman–Crippen LogP) is 1.64. The topological polar surface area (TPSA) is 58.6 Å². The summed E-state index contributed by atoms with van der Waals surface area (Å²) in [6.07, 6.45) is 0.899. The molecular formula is C15H23NO3. The second kappa shape index (κ2) is 6.57. The zero-order chi connectivity index (χ0) is 14.5. The van der Waals surface area contributed by atoms with Gasteiger partial charge in [0.2, 0.25) is 5.91 Å². The first-order valence-corrected chi connectivity index (χ1v) is 6.49. The summed E-state index contributed by atoms with van der Waals surface area (Å²) in [6.45, 7) is 6.22. The van der Waals surface area contributed by atoms with Gasteiger partial charge in [0.25, 0.3) is 0 Å². The molecule has 0 bridgehead atoms. The van der Waals surface area contributed by atoms with E-state index in [9.17, 15) is 4.79 Å². The number of nitrogens with one attached hydrogen (secondary N) is 1. The first-order chi connectivity index (χ1) is 8.94. The van der Waals surface area contributed by atoms with Crippen molar-refractivity contribution in [1.82, 2.24) is 5.32 Å². The Morgan fingerprint density at radius 2 is 2.11 bits per heavy atom.